The van der Waals surface area contributed by atoms with E-state index >= 15 is 0 Å². The Kier molecular flexibility index (Phi) is 2.95. The van der Waals surface area contributed by atoms with E-state index in [1.807, 2.05) is 12.1 Å². The van der Waals surface area contributed by atoms with Gasteiger partial charge in [-0.05, 0) is 48.5 Å². The second kappa shape index (κ2) is 4.77. The van der Waals surface area contributed by atoms with Crippen LogP contribution in [0.15, 0.2) is 48.5 Å². The highest BCUT2D eigenvalue weighted by molar-refractivity contribution is 5.89. The molecule has 5 heteroatoms. The molecule has 0 saturated heterocycles. The fourth-order valence-corrected chi connectivity index (χ4v) is 2.02. The van der Waals surface area contributed by atoms with Gasteiger partial charge >= 0.3 is 5.97 Å². The van der Waals surface area contributed by atoms with Gasteiger partial charge in [-0.2, -0.15) is 5.10 Å². The Morgan fingerprint density at radius 3 is 2.50 bits per heavy atom. The minimum Gasteiger partial charge on any atom is -0.464 e. The molecule has 0 fully saturated rings. The summed E-state index contributed by atoms with van der Waals surface area (Å²) in [7, 11) is 1.32. The van der Waals surface area contributed by atoms with Gasteiger partial charge in [0.2, 0.25) is 0 Å². The lowest BCUT2D eigenvalue weighted by molar-refractivity contribution is 0.0591. The summed E-state index contributed by atoms with van der Waals surface area (Å²) >= 11 is 0. The van der Waals surface area contributed by atoms with Crippen LogP contribution < -0.4 is 0 Å². The van der Waals surface area contributed by atoms with Crippen molar-refractivity contribution in [1.82, 2.24) is 9.61 Å². The zero-order valence-corrected chi connectivity index (χ0v) is 10.7. The Bertz CT molecular complexity index is 778. The molecule has 0 aliphatic carbocycles. The largest absolute Gasteiger partial charge is 0.464 e. The fraction of sp³-hybridized carbons (Fsp3) is 0.0667. The Labute approximate surface area is 114 Å². The zero-order chi connectivity index (χ0) is 14.1. The lowest BCUT2D eigenvalue weighted by atomic mass is 10.1. The summed E-state index contributed by atoms with van der Waals surface area (Å²) in [5, 5.41) is 4.40. The Morgan fingerprint density at radius 2 is 1.80 bits per heavy atom. The average molecular weight is 270 g/mol. The number of carbonyl (C=O) groups is 1. The molecule has 0 aliphatic rings. The van der Waals surface area contributed by atoms with Crippen LogP contribution in [0.2, 0.25) is 0 Å². The summed E-state index contributed by atoms with van der Waals surface area (Å²) in [5.74, 6) is -0.750. The number of hydrogen-bond acceptors (Lipinski definition) is 3. The summed E-state index contributed by atoms with van der Waals surface area (Å²) < 4.78 is 19.2. The number of esters is 1. The number of methoxy groups -OCH3 is 1. The maximum absolute atomic E-state index is 12.9. The molecule has 20 heavy (non-hydrogen) atoms. The van der Waals surface area contributed by atoms with E-state index in [0.717, 1.165) is 11.1 Å². The molecule has 0 bridgehead atoms. The maximum Gasteiger partial charge on any atom is 0.356 e. The van der Waals surface area contributed by atoms with E-state index in [2.05, 4.69) is 5.10 Å². The number of carbonyl (C=O) groups excluding carboxylic acids is 1. The molecule has 0 aliphatic heterocycles. The maximum atomic E-state index is 12.9. The van der Waals surface area contributed by atoms with E-state index in [4.69, 9.17) is 4.74 Å². The lowest BCUT2D eigenvalue weighted by Gasteiger charge is -2.04. The third kappa shape index (κ3) is 2.03. The molecular weight excluding hydrogens is 259 g/mol. The molecule has 1 aromatic carbocycles. The summed E-state index contributed by atoms with van der Waals surface area (Å²) in [6.07, 6.45) is 0. The van der Waals surface area contributed by atoms with Gasteiger partial charge in [-0.3, -0.25) is 0 Å². The first-order valence-corrected chi connectivity index (χ1v) is 6.02. The van der Waals surface area contributed by atoms with Gasteiger partial charge in [0.05, 0.1) is 18.3 Å². The minimum atomic E-state index is -0.450. The number of nitrogens with zero attached hydrogens (tertiary/aromatic N) is 2. The van der Waals surface area contributed by atoms with Crippen molar-refractivity contribution < 1.29 is 13.9 Å². The highest BCUT2D eigenvalue weighted by Gasteiger charge is 2.12. The van der Waals surface area contributed by atoms with Crippen LogP contribution in [0.25, 0.3) is 16.8 Å². The molecule has 2 heterocycles. The Morgan fingerprint density at radius 1 is 1.10 bits per heavy atom. The molecule has 3 rings (SSSR count). The molecule has 0 radical (unpaired) electrons. The molecule has 3 aromatic rings. The quantitative estimate of drug-likeness (QED) is 0.672. The number of hydrogen-bond donors (Lipinski definition) is 0. The topological polar surface area (TPSA) is 43.6 Å². The lowest BCUT2D eigenvalue weighted by Crippen LogP contribution is -2.07. The Balaban J connectivity index is 2.14. The van der Waals surface area contributed by atoms with E-state index in [9.17, 15) is 9.18 Å². The second-order valence-corrected chi connectivity index (χ2v) is 4.27. The van der Waals surface area contributed by atoms with Gasteiger partial charge in [-0.25, -0.2) is 13.7 Å². The van der Waals surface area contributed by atoms with Crippen LogP contribution in [0.5, 0.6) is 0 Å². The van der Waals surface area contributed by atoms with E-state index in [1.165, 1.54) is 23.8 Å². The molecule has 4 nitrogen and oxygen atoms in total. The van der Waals surface area contributed by atoms with Gasteiger partial charge in [-0.1, -0.05) is 0 Å². The smallest absolute Gasteiger partial charge is 0.356 e. The van der Waals surface area contributed by atoms with E-state index in [0.29, 0.717) is 11.4 Å². The molecule has 2 aromatic heterocycles. The molecule has 0 amide bonds. The fourth-order valence-electron chi connectivity index (χ4n) is 2.02. The van der Waals surface area contributed by atoms with Crippen molar-refractivity contribution in [3.63, 3.8) is 0 Å². The van der Waals surface area contributed by atoms with Gasteiger partial charge in [0.1, 0.15) is 5.82 Å². The number of halogens is 1. The molecular formula is C15H11FN2O2. The summed E-state index contributed by atoms with van der Waals surface area (Å²) in [4.78, 5) is 11.6. The summed E-state index contributed by atoms with van der Waals surface area (Å²) in [5.41, 5.74) is 2.57. The monoisotopic (exact) mass is 270 g/mol. The van der Waals surface area contributed by atoms with Gasteiger partial charge in [0.25, 0.3) is 0 Å². The van der Waals surface area contributed by atoms with Crippen LogP contribution in [0.3, 0.4) is 0 Å². The number of ether oxygens (including phenoxy) is 1. The minimum absolute atomic E-state index is 0.300. The highest BCUT2D eigenvalue weighted by Crippen LogP contribution is 2.19. The third-order valence-corrected chi connectivity index (χ3v) is 3.04. The molecule has 100 valence electrons. The molecule has 0 saturated carbocycles. The SMILES string of the molecule is COC(=O)c1ccc2ccc(-c3ccc(F)cc3)nn12. The standard InChI is InChI=1S/C15H11FN2O2/c1-20-15(19)14-9-7-12-6-8-13(17-18(12)14)10-2-4-11(16)5-3-10/h2-9H,1H3. The van der Waals surface area contributed by atoms with Crippen molar-refractivity contribution in [3.05, 3.63) is 60.0 Å². The van der Waals surface area contributed by atoms with Crippen molar-refractivity contribution in [1.29, 1.82) is 0 Å². The first kappa shape index (κ1) is 12.3. The number of aromatic nitrogens is 2. The first-order valence-electron chi connectivity index (χ1n) is 6.02. The van der Waals surface area contributed by atoms with Crippen LogP contribution >= 0.6 is 0 Å². The van der Waals surface area contributed by atoms with Crippen LogP contribution in [0, 0.1) is 5.82 Å². The average Bonchev–Trinajstić information content (AvgIpc) is 2.90. The van der Waals surface area contributed by atoms with Crippen LogP contribution in [-0.4, -0.2) is 22.7 Å². The van der Waals surface area contributed by atoms with Crippen molar-refractivity contribution in [2.45, 2.75) is 0 Å². The van der Waals surface area contributed by atoms with Crippen LogP contribution in [0.4, 0.5) is 4.39 Å². The normalized spacial score (nSPS) is 10.7. The second-order valence-electron chi connectivity index (χ2n) is 4.27. The van der Waals surface area contributed by atoms with Gasteiger partial charge in [0, 0.05) is 5.56 Å². The van der Waals surface area contributed by atoms with Crippen LogP contribution in [-0.2, 0) is 4.74 Å². The van der Waals surface area contributed by atoms with Crippen LogP contribution in [0.1, 0.15) is 10.5 Å². The summed E-state index contributed by atoms with van der Waals surface area (Å²) in [6.45, 7) is 0. The van der Waals surface area contributed by atoms with E-state index in [1.54, 1.807) is 24.3 Å². The Hall–Kier alpha value is -2.69. The van der Waals surface area contributed by atoms with Crippen molar-refractivity contribution in [3.8, 4) is 11.3 Å². The predicted molar refractivity (Wildman–Crippen MR) is 71.9 cm³/mol. The van der Waals surface area contributed by atoms with E-state index < -0.39 is 5.97 Å². The number of benzene rings is 1. The predicted octanol–water partition coefficient (Wildman–Crippen LogP) is 2.93. The number of rotatable bonds is 2. The molecule has 0 N–H and O–H groups in total. The van der Waals surface area contributed by atoms with E-state index in [-0.39, 0.29) is 5.82 Å². The van der Waals surface area contributed by atoms with Gasteiger partial charge in [0.15, 0.2) is 5.69 Å². The molecule has 0 unspecified atom stereocenters. The van der Waals surface area contributed by atoms with Crippen molar-refractivity contribution in [2.75, 3.05) is 7.11 Å². The molecule has 0 spiro atoms. The third-order valence-electron chi connectivity index (χ3n) is 3.04. The molecule has 0 atom stereocenters. The van der Waals surface area contributed by atoms with Crippen molar-refractivity contribution >= 4 is 11.5 Å². The summed E-state index contributed by atoms with van der Waals surface area (Å²) in [6, 6.07) is 13.1. The van der Waals surface area contributed by atoms with Gasteiger partial charge in [-0.15, -0.1) is 0 Å². The van der Waals surface area contributed by atoms with Crippen molar-refractivity contribution in [2.24, 2.45) is 0 Å². The first-order chi connectivity index (χ1) is 9.69. The number of fused-ring (bicyclic) bond motifs is 1. The van der Waals surface area contributed by atoms with Gasteiger partial charge < -0.3 is 4.74 Å². The zero-order valence-electron chi connectivity index (χ0n) is 10.7. The highest BCUT2D eigenvalue weighted by atomic mass is 19.1.